The Labute approximate surface area is 125 Å². The van der Waals surface area contributed by atoms with Gasteiger partial charge in [0.25, 0.3) is 0 Å². The summed E-state index contributed by atoms with van der Waals surface area (Å²) in [6, 6.07) is 2.59. The molecule has 118 valence electrons. The van der Waals surface area contributed by atoms with Gasteiger partial charge in [0.2, 0.25) is 10.0 Å². The van der Waals surface area contributed by atoms with Crippen molar-refractivity contribution in [1.82, 2.24) is 4.31 Å². The first-order valence-corrected chi connectivity index (χ1v) is 7.83. The van der Waals surface area contributed by atoms with E-state index in [4.69, 9.17) is 5.11 Å². The number of likely N-dealkylation sites (N-methyl/N-ethyl adjacent to an activating group) is 1. The molecule has 0 atom stereocenters. The smallest absolute Gasteiger partial charge is 0.335 e. The Kier molecular flexibility index (Phi) is 4.82. The molecule has 2 N–H and O–H groups in total. The molecule has 21 heavy (non-hydrogen) atoms. The van der Waals surface area contributed by atoms with Crippen molar-refractivity contribution >= 4 is 16.0 Å². The van der Waals surface area contributed by atoms with E-state index in [2.05, 4.69) is 0 Å². The topological polar surface area (TPSA) is 94.9 Å². The van der Waals surface area contributed by atoms with Crippen LogP contribution in [0.1, 0.15) is 35.3 Å². The summed E-state index contributed by atoms with van der Waals surface area (Å²) in [5.41, 5.74) is -0.170. The van der Waals surface area contributed by atoms with Crippen LogP contribution in [0.15, 0.2) is 17.0 Å². The summed E-state index contributed by atoms with van der Waals surface area (Å²) in [6.07, 6.45) is 0. The maximum atomic E-state index is 12.6. The molecule has 0 amide bonds. The van der Waals surface area contributed by atoms with Crippen LogP contribution in [-0.4, -0.2) is 48.1 Å². The van der Waals surface area contributed by atoms with Crippen LogP contribution in [0, 0.1) is 13.8 Å². The van der Waals surface area contributed by atoms with Gasteiger partial charge in [-0.3, -0.25) is 0 Å². The van der Waals surface area contributed by atoms with Crippen molar-refractivity contribution in [3.63, 3.8) is 0 Å². The van der Waals surface area contributed by atoms with Crippen molar-refractivity contribution in [1.29, 1.82) is 0 Å². The lowest BCUT2D eigenvalue weighted by Gasteiger charge is -2.26. The van der Waals surface area contributed by atoms with Gasteiger partial charge in [0.05, 0.1) is 16.1 Å². The Morgan fingerprint density at radius 1 is 1.29 bits per heavy atom. The molecule has 0 aliphatic carbocycles. The second kappa shape index (κ2) is 5.75. The normalized spacial score (nSPS) is 12.7. The van der Waals surface area contributed by atoms with Crippen LogP contribution in [-0.2, 0) is 10.0 Å². The zero-order valence-corrected chi connectivity index (χ0v) is 13.7. The molecule has 0 saturated carbocycles. The van der Waals surface area contributed by atoms with Gasteiger partial charge in [0.15, 0.2) is 0 Å². The summed E-state index contributed by atoms with van der Waals surface area (Å²) < 4.78 is 26.2. The highest BCUT2D eigenvalue weighted by Gasteiger charge is 2.28. The lowest BCUT2D eigenvalue weighted by molar-refractivity contribution is 0.0638. The molecule has 0 heterocycles. The maximum absolute atomic E-state index is 12.6. The van der Waals surface area contributed by atoms with E-state index in [-0.39, 0.29) is 17.0 Å². The van der Waals surface area contributed by atoms with Crippen LogP contribution < -0.4 is 0 Å². The van der Waals surface area contributed by atoms with Gasteiger partial charge in [0, 0.05) is 13.6 Å². The van der Waals surface area contributed by atoms with Crippen LogP contribution in [0.2, 0.25) is 0 Å². The first-order valence-electron chi connectivity index (χ1n) is 6.39. The fourth-order valence-electron chi connectivity index (χ4n) is 2.02. The van der Waals surface area contributed by atoms with E-state index in [1.165, 1.54) is 27.0 Å². The van der Waals surface area contributed by atoms with Gasteiger partial charge in [-0.1, -0.05) is 0 Å². The highest BCUT2D eigenvalue weighted by Crippen LogP contribution is 2.24. The summed E-state index contributed by atoms with van der Waals surface area (Å²) in [5.74, 6) is -1.18. The van der Waals surface area contributed by atoms with Crippen molar-refractivity contribution < 1.29 is 23.4 Å². The molecular weight excluding hydrogens is 294 g/mol. The number of nitrogens with zero attached hydrogens (tertiary/aromatic N) is 1. The molecule has 0 fully saturated rings. The van der Waals surface area contributed by atoms with Crippen molar-refractivity contribution in [3.8, 4) is 0 Å². The number of carbonyl (C=O) groups is 1. The zero-order chi connectivity index (χ0) is 16.6. The molecule has 0 aliphatic rings. The molecule has 1 rings (SSSR count). The molecule has 1 aromatic rings. The Morgan fingerprint density at radius 3 is 2.24 bits per heavy atom. The first kappa shape index (κ1) is 17.6. The highest BCUT2D eigenvalue weighted by molar-refractivity contribution is 7.89. The van der Waals surface area contributed by atoms with Gasteiger partial charge < -0.3 is 10.2 Å². The number of benzene rings is 1. The minimum Gasteiger partial charge on any atom is -0.478 e. The van der Waals surface area contributed by atoms with Gasteiger partial charge in [0.1, 0.15) is 0 Å². The van der Waals surface area contributed by atoms with E-state index in [1.54, 1.807) is 13.8 Å². The number of hydrogen-bond donors (Lipinski definition) is 2. The molecule has 0 saturated heterocycles. The third kappa shape index (κ3) is 4.03. The van der Waals surface area contributed by atoms with Crippen LogP contribution in [0.3, 0.4) is 0 Å². The molecule has 0 bridgehead atoms. The van der Waals surface area contributed by atoms with Crippen molar-refractivity contribution in [3.05, 3.63) is 28.8 Å². The van der Waals surface area contributed by atoms with Gasteiger partial charge in [-0.25, -0.2) is 13.2 Å². The number of aromatic carboxylic acids is 1. The fourth-order valence-corrected chi connectivity index (χ4v) is 3.66. The Bertz CT molecular complexity index is 659. The molecule has 0 spiro atoms. The third-order valence-electron chi connectivity index (χ3n) is 3.16. The summed E-state index contributed by atoms with van der Waals surface area (Å²) in [5, 5.41) is 18.8. The monoisotopic (exact) mass is 315 g/mol. The number of sulfonamides is 1. The predicted molar refractivity (Wildman–Crippen MR) is 79.0 cm³/mol. The summed E-state index contributed by atoms with van der Waals surface area (Å²) in [6.45, 7) is 6.21. The molecule has 6 nitrogen and oxygen atoms in total. The molecule has 0 aliphatic heterocycles. The highest BCUT2D eigenvalue weighted by atomic mass is 32.2. The lowest BCUT2D eigenvalue weighted by Crippen LogP contribution is -2.40. The number of hydrogen-bond acceptors (Lipinski definition) is 4. The standard InChI is InChI=1S/C14H21NO5S/c1-9-6-11(13(16)17)7-12(10(9)2)21(19,20)15(5)8-14(3,4)18/h6-7,18H,8H2,1-5H3,(H,16,17). The molecular formula is C14H21NO5S. The van der Waals surface area contributed by atoms with Crippen LogP contribution >= 0.6 is 0 Å². The number of aryl methyl sites for hydroxylation is 1. The van der Waals surface area contributed by atoms with Gasteiger partial charge in [-0.05, 0) is 51.0 Å². The average Bonchev–Trinajstić information content (AvgIpc) is 2.29. The fraction of sp³-hybridized carbons (Fsp3) is 0.500. The minimum atomic E-state index is -3.87. The molecule has 0 aromatic heterocycles. The summed E-state index contributed by atoms with van der Waals surface area (Å²) in [7, 11) is -2.51. The Morgan fingerprint density at radius 2 is 1.81 bits per heavy atom. The third-order valence-corrected chi connectivity index (χ3v) is 5.09. The summed E-state index contributed by atoms with van der Waals surface area (Å²) in [4.78, 5) is 11.0. The molecule has 1 aromatic carbocycles. The van der Waals surface area contributed by atoms with E-state index in [0.717, 1.165) is 10.4 Å². The lowest BCUT2D eigenvalue weighted by atomic mass is 10.1. The van der Waals surface area contributed by atoms with E-state index in [0.29, 0.717) is 11.1 Å². The quantitative estimate of drug-likeness (QED) is 0.856. The number of rotatable bonds is 5. The number of aliphatic hydroxyl groups is 1. The van der Waals surface area contributed by atoms with Crippen LogP contribution in [0.4, 0.5) is 0 Å². The second-order valence-corrected chi connectivity index (χ2v) is 7.81. The van der Waals surface area contributed by atoms with Gasteiger partial charge in [-0.15, -0.1) is 0 Å². The van der Waals surface area contributed by atoms with Crippen molar-refractivity contribution in [2.45, 2.75) is 38.2 Å². The van der Waals surface area contributed by atoms with Gasteiger partial charge in [-0.2, -0.15) is 4.31 Å². The summed E-state index contributed by atoms with van der Waals surface area (Å²) >= 11 is 0. The average molecular weight is 315 g/mol. The first-order chi connectivity index (χ1) is 9.36. The van der Waals surface area contributed by atoms with E-state index < -0.39 is 21.6 Å². The molecule has 0 unspecified atom stereocenters. The molecule has 0 radical (unpaired) electrons. The van der Waals surface area contributed by atoms with E-state index in [9.17, 15) is 18.3 Å². The number of carboxylic acids is 1. The van der Waals surface area contributed by atoms with Crippen molar-refractivity contribution in [2.75, 3.05) is 13.6 Å². The zero-order valence-electron chi connectivity index (χ0n) is 12.8. The van der Waals surface area contributed by atoms with Gasteiger partial charge >= 0.3 is 5.97 Å². The number of carboxylic acid groups (broad SMARTS) is 1. The van der Waals surface area contributed by atoms with E-state index in [1.807, 2.05) is 0 Å². The maximum Gasteiger partial charge on any atom is 0.335 e. The van der Waals surface area contributed by atoms with Crippen LogP contribution in [0.25, 0.3) is 0 Å². The van der Waals surface area contributed by atoms with Crippen molar-refractivity contribution in [2.24, 2.45) is 0 Å². The van der Waals surface area contributed by atoms with Crippen LogP contribution in [0.5, 0.6) is 0 Å². The SMILES string of the molecule is Cc1cc(C(=O)O)cc(S(=O)(=O)N(C)CC(C)(C)O)c1C. The minimum absolute atomic E-state index is 0.0494. The second-order valence-electron chi connectivity index (χ2n) is 5.79. The predicted octanol–water partition coefficient (Wildman–Crippen LogP) is 1.39. The largest absolute Gasteiger partial charge is 0.478 e. The Hall–Kier alpha value is -1.44. The molecule has 7 heteroatoms. The van der Waals surface area contributed by atoms with E-state index >= 15 is 0 Å². The Balaban J connectivity index is 3.41.